The summed E-state index contributed by atoms with van der Waals surface area (Å²) in [6, 6.07) is 28.2. The molecule has 0 radical (unpaired) electrons. The smallest absolute Gasteiger partial charge is 0.237 e. The SMILES string of the molecule is Cc1ccc(CN(CCc2ccccc2)C(=O)CN(Cc2ccccc2)Cc2ccco2)o1. The first kappa shape index (κ1) is 22.6. The van der Waals surface area contributed by atoms with E-state index in [1.807, 2.05) is 72.5 Å². The number of hydrogen-bond acceptors (Lipinski definition) is 4. The summed E-state index contributed by atoms with van der Waals surface area (Å²) in [7, 11) is 0. The Morgan fingerprint density at radius 1 is 0.758 bits per heavy atom. The van der Waals surface area contributed by atoms with Gasteiger partial charge in [0.15, 0.2) is 0 Å². The zero-order chi connectivity index (χ0) is 22.9. The lowest BCUT2D eigenvalue weighted by Crippen LogP contribution is -2.40. The van der Waals surface area contributed by atoms with Crippen molar-refractivity contribution in [3.05, 3.63) is 120 Å². The van der Waals surface area contributed by atoms with E-state index in [1.54, 1.807) is 6.26 Å². The number of nitrogens with zero attached hydrogens (tertiary/aromatic N) is 2. The average Bonchev–Trinajstić information content (AvgIpc) is 3.49. The van der Waals surface area contributed by atoms with Crippen LogP contribution in [0.4, 0.5) is 0 Å². The number of rotatable bonds is 11. The number of furan rings is 2. The van der Waals surface area contributed by atoms with Crippen molar-refractivity contribution in [3.63, 3.8) is 0 Å². The molecule has 0 N–H and O–H groups in total. The molecule has 0 aliphatic carbocycles. The lowest BCUT2D eigenvalue weighted by atomic mass is 10.1. The number of carbonyl (C=O) groups is 1. The Labute approximate surface area is 195 Å². The molecule has 0 aliphatic rings. The fourth-order valence-electron chi connectivity index (χ4n) is 3.88. The van der Waals surface area contributed by atoms with Crippen LogP contribution >= 0.6 is 0 Å². The Morgan fingerprint density at radius 2 is 1.48 bits per heavy atom. The Bertz CT molecular complexity index is 1100. The predicted octanol–water partition coefficient (Wildman–Crippen LogP) is 5.45. The summed E-state index contributed by atoms with van der Waals surface area (Å²) in [5, 5.41) is 0. The van der Waals surface area contributed by atoms with Crippen molar-refractivity contribution in [3.8, 4) is 0 Å². The van der Waals surface area contributed by atoms with Gasteiger partial charge in [0.05, 0.1) is 25.9 Å². The van der Waals surface area contributed by atoms with Gasteiger partial charge in [0.1, 0.15) is 17.3 Å². The number of amides is 1. The molecule has 0 bridgehead atoms. The number of carbonyl (C=O) groups excluding carboxylic acids is 1. The van der Waals surface area contributed by atoms with Gasteiger partial charge in [0.25, 0.3) is 0 Å². The second kappa shape index (κ2) is 11.3. The Hall–Kier alpha value is -3.57. The van der Waals surface area contributed by atoms with E-state index >= 15 is 0 Å². The fraction of sp³-hybridized carbons (Fsp3) is 0.250. The highest BCUT2D eigenvalue weighted by Crippen LogP contribution is 2.14. The summed E-state index contributed by atoms with van der Waals surface area (Å²) < 4.78 is 11.3. The van der Waals surface area contributed by atoms with E-state index in [0.29, 0.717) is 32.7 Å². The van der Waals surface area contributed by atoms with Crippen molar-refractivity contribution >= 4 is 5.91 Å². The number of aryl methyl sites for hydroxylation is 1. The van der Waals surface area contributed by atoms with Crippen LogP contribution in [0.3, 0.4) is 0 Å². The summed E-state index contributed by atoms with van der Waals surface area (Å²) >= 11 is 0. The molecule has 0 saturated carbocycles. The highest BCUT2D eigenvalue weighted by atomic mass is 16.3. The molecule has 4 rings (SSSR count). The molecular formula is C28H30N2O3. The minimum absolute atomic E-state index is 0.0717. The lowest BCUT2D eigenvalue weighted by Gasteiger charge is -2.27. The molecule has 0 fully saturated rings. The third-order valence-electron chi connectivity index (χ3n) is 5.58. The van der Waals surface area contributed by atoms with E-state index in [1.165, 1.54) is 5.56 Å². The summed E-state index contributed by atoms with van der Waals surface area (Å²) in [6.45, 7) is 4.54. The molecule has 1 amide bonds. The zero-order valence-electron chi connectivity index (χ0n) is 19.0. The minimum atomic E-state index is 0.0717. The van der Waals surface area contributed by atoms with Gasteiger partial charge in [-0.1, -0.05) is 60.7 Å². The van der Waals surface area contributed by atoms with Crippen molar-refractivity contribution in [1.29, 1.82) is 0 Å². The van der Waals surface area contributed by atoms with Gasteiger partial charge in [0, 0.05) is 13.1 Å². The highest BCUT2D eigenvalue weighted by molar-refractivity contribution is 5.78. The molecule has 5 heteroatoms. The molecule has 2 heterocycles. The van der Waals surface area contributed by atoms with Gasteiger partial charge in [-0.05, 0) is 48.7 Å². The summed E-state index contributed by atoms with van der Waals surface area (Å²) in [4.78, 5) is 17.5. The third-order valence-corrected chi connectivity index (χ3v) is 5.58. The Morgan fingerprint density at radius 3 is 2.12 bits per heavy atom. The fourth-order valence-corrected chi connectivity index (χ4v) is 3.88. The summed E-state index contributed by atoms with van der Waals surface area (Å²) in [6.07, 6.45) is 2.46. The molecule has 5 nitrogen and oxygen atoms in total. The van der Waals surface area contributed by atoms with Gasteiger partial charge < -0.3 is 13.7 Å². The number of hydrogen-bond donors (Lipinski definition) is 0. The Balaban J connectivity index is 1.48. The molecule has 2 aromatic carbocycles. The molecule has 0 saturated heterocycles. The van der Waals surface area contributed by atoms with Crippen LogP contribution in [0.15, 0.2) is 100 Å². The van der Waals surface area contributed by atoms with Crippen molar-refractivity contribution in [2.75, 3.05) is 13.1 Å². The monoisotopic (exact) mass is 442 g/mol. The number of benzene rings is 2. The van der Waals surface area contributed by atoms with Crippen LogP contribution < -0.4 is 0 Å². The normalized spacial score (nSPS) is 11.1. The van der Waals surface area contributed by atoms with Crippen molar-refractivity contribution in [1.82, 2.24) is 9.80 Å². The minimum Gasteiger partial charge on any atom is -0.468 e. The molecule has 0 aliphatic heterocycles. The van der Waals surface area contributed by atoms with Gasteiger partial charge in [-0.3, -0.25) is 9.69 Å². The Kier molecular flexibility index (Phi) is 7.77. The van der Waals surface area contributed by atoms with Gasteiger partial charge in [0.2, 0.25) is 5.91 Å². The van der Waals surface area contributed by atoms with E-state index in [-0.39, 0.29) is 5.91 Å². The van der Waals surface area contributed by atoms with Crippen LogP contribution in [0, 0.1) is 6.92 Å². The largest absolute Gasteiger partial charge is 0.468 e. The lowest BCUT2D eigenvalue weighted by molar-refractivity contribution is -0.133. The molecule has 2 aromatic heterocycles. The van der Waals surface area contributed by atoms with Gasteiger partial charge in [-0.2, -0.15) is 0 Å². The van der Waals surface area contributed by atoms with Crippen LogP contribution in [0.5, 0.6) is 0 Å². The zero-order valence-corrected chi connectivity index (χ0v) is 19.0. The van der Waals surface area contributed by atoms with E-state index < -0.39 is 0 Å². The maximum Gasteiger partial charge on any atom is 0.237 e. The maximum absolute atomic E-state index is 13.5. The molecule has 0 atom stereocenters. The first-order valence-electron chi connectivity index (χ1n) is 11.3. The van der Waals surface area contributed by atoms with Crippen LogP contribution in [0.1, 0.15) is 28.4 Å². The molecule has 0 unspecified atom stereocenters. The molecule has 0 spiro atoms. The highest BCUT2D eigenvalue weighted by Gasteiger charge is 2.20. The first-order valence-corrected chi connectivity index (χ1v) is 11.3. The van der Waals surface area contributed by atoms with E-state index in [4.69, 9.17) is 8.83 Å². The van der Waals surface area contributed by atoms with Gasteiger partial charge in [-0.25, -0.2) is 0 Å². The topological polar surface area (TPSA) is 49.8 Å². The summed E-state index contributed by atoms with van der Waals surface area (Å²) in [5.41, 5.74) is 2.37. The van der Waals surface area contributed by atoms with Crippen LogP contribution in [-0.2, 0) is 30.8 Å². The van der Waals surface area contributed by atoms with E-state index in [9.17, 15) is 4.79 Å². The van der Waals surface area contributed by atoms with Crippen LogP contribution in [0.25, 0.3) is 0 Å². The summed E-state index contributed by atoms with van der Waals surface area (Å²) in [5.74, 6) is 2.57. The van der Waals surface area contributed by atoms with E-state index in [0.717, 1.165) is 29.3 Å². The second-order valence-electron chi connectivity index (χ2n) is 8.27. The first-order chi connectivity index (χ1) is 16.2. The van der Waals surface area contributed by atoms with Crippen LogP contribution in [0.2, 0.25) is 0 Å². The molecule has 33 heavy (non-hydrogen) atoms. The van der Waals surface area contributed by atoms with Gasteiger partial charge in [-0.15, -0.1) is 0 Å². The van der Waals surface area contributed by atoms with Crippen molar-refractivity contribution in [2.24, 2.45) is 0 Å². The molecule has 170 valence electrons. The standard InChI is InChI=1S/C28H30N2O3/c1-23-14-15-27(33-23)21-30(17-16-24-9-4-2-5-10-24)28(31)22-29(20-26-13-8-18-32-26)19-25-11-6-3-7-12-25/h2-15,18H,16-17,19-22H2,1H3. The third kappa shape index (κ3) is 6.96. The predicted molar refractivity (Wildman–Crippen MR) is 128 cm³/mol. The average molecular weight is 443 g/mol. The maximum atomic E-state index is 13.5. The second-order valence-corrected chi connectivity index (χ2v) is 8.27. The van der Waals surface area contributed by atoms with Crippen molar-refractivity contribution in [2.45, 2.75) is 33.0 Å². The van der Waals surface area contributed by atoms with Gasteiger partial charge >= 0.3 is 0 Å². The molecular weight excluding hydrogens is 412 g/mol. The quantitative estimate of drug-likeness (QED) is 0.310. The van der Waals surface area contributed by atoms with Crippen LogP contribution in [-0.4, -0.2) is 28.8 Å². The van der Waals surface area contributed by atoms with Crippen molar-refractivity contribution < 1.29 is 13.6 Å². The molecule has 4 aromatic rings. The van der Waals surface area contributed by atoms with E-state index in [2.05, 4.69) is 29.2 Å².